The van der Waals surface area contributed by atoms with Crippen molar-refractivity contribution in [2.75, 3.05) is 0 Å². The molecule has 0 spiro atoms. The quantitative estimate of drug-likeness (QED) is 0.703. The molecule has 1 aromatic heterocycles. The highest BCUT2D eigenvalue weighted by molar-refractivity contribution is 5.37. The van der Waals surface area contributed by atoms with Crippen molar-refractivity contribution in [1.29, 1.82) is 0 Å². The average Bonchev–Trinajstić information content (AvgIpc) is 2.91. The van der Waals surface area contributed by atoms with Gasteiger partial charge in [0.1, 0.15) is 5.75 Å². The average molecular weight is 250 g/mol. The summed E-state index contributed by atoms with van der Waals surface area (Å²) in [5.41, 5.74) is 2.12. The van der Waals surface area contributed by atoms with Gasteiger partial charge in [-0.1, -0.05) is 36.4 Å². The summed E-state index contributed by atoms with van der Waals surface area (Å²) in [5.74, 6) is 1.59. The zero-order valence-corrected chi connectivity index (χ0v) is 10.7. The minimum absolute atomic E-state index is 0.734. The van der Waals surface area contributed by atoms with Crippen molar-refractivity contribution < 1.29 is 4.74 Å². The van der Waals surface area contributed by atoms with Crippen molar-refractivity contribution in [2.45, 2.75) is 6.92 Å². The largest absolute Gasteiger partial charge is 0.454 e. The van der Waals surface area contributed by atoms with Crippen molar-refractivity contribution in [1.82, 2.24) is 9.78 Å². The van der Waals surface area contributed by atoms with Gasteiger partial charge in [-0.05, 0) is 30.7 Å². The second-order valence-electron chi connectivity index (χ2n) is 4.32. The molecule has 94 valence electrons. The van der Waals surface area contributed by atoms with Gasteiger partial charge in [0.15, 0.2) is 5.75 Å². The van der Waals surface area contributed by atoms with E-state index in [1.54, 1.807) is 10.9 Å². The number of nitrogens with zero attached hydrogens (tertiary/aromatic N) is 2. The Kier molecular flexibility index (Phi) is 3.02. The fraction of sp³-hybridized carbons (Fsp3) is 0.0625. The monoisotopic (exact) mass is 250 g/mol. The summed E-state index contributed by atoms with van der Waals surface area (Å²) in [5, 5.41) is 4.30. The van der Waals surface area contributed by atoms with Crippen molar-refractivity contribution in [3.8, 4) is 17.2 Å². The van der Waals surface area contributed by atoms with E-state index in [9.17, 15) is 0 Å². The van der Waals surface area contributed by atoms with Gasteiger partial charge in [-0.15, -0.1) is 0 Å². The minimum atomic E-state index is 0.734. The number of hydrogen-bond donors (Lipinski definition) is 0. The second kappa shape index (κ2) is 4.98. The van der Waals surface area contributed by atoms with E-state index in [1.807, 2.05) is 67.7 Å². The fourth-order valence-corrected chi connectivity index (χ4v) is 1.88. The van der Waals surface area contributed by atoms with Crippen LogP contribution in [-0.4, -0.2) is 9.78 Å². The summed E-state index contributed by atoms with van der Waals surface area (Å²) in [6, 6.07) is 17.9. The first kappa shape index (κ1) is 11.5. The van der Waals surface area contributed by atoms with Crippen LogP contribution in [-0.2, 0) is 0 Å². The number of aromatic nitrogens is 2. The zero-order chi connectivity index (χ0) is 13.1. The number of hydrogen-bond acceptors (Lipinski definition) is 2. The third-order valence-electron chi connectivity index (χ3n) is 2.90. The molecule has 3 rings (SSSR count). The molecule has 0 N–H and O–H groups in total. The Labute approximate surface area is 112 Å². The number of rotatable bonds is 3. The lowest BCUT2D eigenvalue weighted by Crippen LogP contribution is -1.92. The molecule has 19 heavy (non-hydrogen) atoms. The normalized spacial score (nSPS) is 10.4. The molecule has 0 amide bonds. The predicted molar refractivity (Wildman–Crippen MR) is 74.8 cm³/mol. The number of para-hydroxylation sites is 2. The molecule has 0 saturated carbocycles. The van der Waals surface area contributed by atoms with Crippen molar-refractivity contribution >= 4 is 0 Å². The molecule has 0 unspecified atom stereocenters. The summed E-state index contributed by atoms with van der Waals surface area (Å²) in [6.07, 6.45) is 3.60. The maximum absolute atomic E-state index is 5.83. The molecule has 2 aromatic carbocycles. The van der Waals surface area contributed by atoms with E-state index in [-0.39, 0.29) is 0 Å². The van der Waals surface area contributed by atoms with E-state index in [4.69, 9.17) is 4.74 Å². The van der Waals surface area contributed by atoms with Crippen molar-refractivity contribution in [3.05, 3.63) is 72.6 Å². The van der Waals surface area contributed by atoms with Gasteiger partial charge in [0.2, 0.25) is 0 Å². The molecule has 3 aromatic rings. The Bertz CT molecular complexity index is 674. The summed E-state index contributed by atoms with van der Waals surface area (Å²) in [7, 11) is 0. The minimum Gasteiger partial charge on any atom is -0.454 e. The standard InChI is InChI=1S/C16H14N2O/c1-13-7-5-6-10-16(13)19-15-11-17-18(12-15)14-8-3-2-4-9-14/h2-12H,1H3. The highest BCUT2D eigenvalue weighted by Crippen LogP contribution is 2.24. The predicted octanol–water partition coefficient (Wildman–Crippen LogP) is 3.97. The van der Waals surface area contributed by atoms with Gasteiger partial charge in [0.05, 0.1) is 18.1 Å². The molecule has 3 nitrogen and oxygen atoms in total. The van der Waals surface area contributed by atoms with Crippen LogP contribution in [0.25, 0.3) is 5.69 Å². The van der Waals surface area contributed by atoms with Gasteiger partial charge in [-0.3, -0.25) is 0 Å². The van der Waals surface area contributed by atoms with E-state index in [1.165, 1.54) is 0 Å². The molecular weight excluding hydrogens is 236 g/mol. The Morgan fingerprint density at radius 1 is 0.947 bits per heavy atom. The highest BCUT2D eigenvalue weighted by Gasteiger charge is 2.04. The first-order chi connectivity index (χ1) is 9.33. The van der Waals surface area contributed by atoms with E-state index in [0.717, 1.165) is 22.7 Å². The third kappa shape index (κ3) is 2.50. The Balaban J connectivity index is 1.85. The van der Waals surface area contributed by atoms with Crippen LogP contribution < -0.4 is 4.74 Å². The lowest BCUT2D eigenvalue weighted by molar-refractivity contribution is 0.478. The lowest BCUT2D eigenvalue weighted by Gasteiger charge is -2.05. The Morgan fingerprint density at radius 2 is 1.68 bits per heavy atom. The zero-order valence-electron chi connectivity index (χ0n) is 10.7. The van der Waals surface area contributed by atoms with Crippen molar-refractivity contribution in [3.63, 3.8) is 0 Å². The van der Waals surface area contributed by atoms with Gasteiger partial charge >= 0.3 is 0 Å². The third-order valence-corrected chi connectivity index (χ3v) is 2.90. The van der Waals surface area contributed by atoms with Crippen LogP contribution in [0, 0.1) is 6.92 Å². The lowest BCUT2D eigenvalue weighted by atomic mass is 10.2. The maximum atomic E-state index is 5.83. The summed E-state index contributed by atoms with van der Waals surface area (Å²) in [6.45, 7) is 2.02. The first-order valence-corrected chi connectivity index (χ1v) is 6.16. The molecule has 0 atom stereocenters. The fourth-order valence-electron chi connectivity index (χ4n) is 1.88. The molecule has 0 aliphatic heterocycles. The summed E-state index contributed by atoms with van der Waals surface area (Å²) in [4.78, 5) is 0. The molecule has 0 radical (unpaired) electrons. The van der Waals surface area contributed by atoms with Gasteiger partial charge in [-0.25, -0.2) is 4.68 Å². The van der Waals surface area contributed by atoms with Gasteiger partial charge in [-0.2, -0.15) is 5.10 Å². The van der Waals surface area contributed by atoms with Crippen LogP contribution >= 0.6 is 0 Å². The van der Waals surface area contributed by atoms with Crippen LogP contribution in [0.15, 0.2) is 67.0 Å². The first-order valence-electron chi connectivity index (χ1n) is 6.16. The van der Waals surface area contributed by atoms with Gasteiger partial charge < -0.3 is 4.74 Å². The van der Waals surface area contributed by atoms with E-state index in [0.29, 0.717) is 0 Å². The van der Waals surface area contributed by atoms with Crippen LogP contribution in [0.5, 0.6) is 11.5 Å². The molecule has 0 aliphatic rings. The Morgan fingerprint density at radius 3 is 2.47 bits per heavy atom. The number of ether oxygens (including phenoxy) is 1. The molecule has 0 bridgehead atoms. The van der Waals surface area contributed by atoms with E-state index < -0.39 is 0 Å². The molecule has 0 fully saturated rings. The number of aryl methyl sites for hydroxylation is 1. The van der Waals surface area contributed by atoms with Crippen LogP contribution in [0.1, 0.15) is 5.56 Å². The molecule has 3 heteroatoms. The van der Waals surface area contributed by atoms with Crippen LogP contribution in [0.4, 0.5) is 0 Å². The van der Waals surface area contributed by atoms with E-state index in [2.05, 4.69) is 5.10 Å². The highest BCUT2D eigenvalue weighted by atomic mass is 16.5. The van der Waals surface area contributed by atoms with Gasteiger partial charge in [0.25, 0.3) is 0 Å². The topological polar surface area (TPSA) is 27.1 Å². The molecule has 1 heterocycles. The summed E-state index contributed by atoms with van der Waals surface area (Å²) < 4.78 is 7.63. The van der Waals surface area contributed by atoms with Crippen LogP contribution in [0.3, 0.4) is 0 Å². The Hall–Kier alpha value is -2.55. The smallest absolute Gasteiger partial charge is 0.165 e. The number of benzene rings is 2. The molecule has 0 aliphatic carbocycles. The second-order valence-corrected chi connectivity index (χ2v) is 4.32. The maximum Gasteiger partial charge on any atom is 0.165 e. The summed E-state index contributed by atoms with van der Waals surface area (Å²) >= 11 is 0. The SMILES string of the molecule is Cc1ccccc1Oc1cnn(-c2ccccc2)c1. The van der Waals surface area contributed by atoms with E-state index >= 15 is 0 Å². The molecular formula is C16H14N2O. The molecule has 0 saturated heterocycles. The van der Waals surface area contributed by atoms with Crippen LogP contribution in [0.2, 0.25) is 0 Å². The van der Waals surface area contributed by atoms with Crippen molar-refractivity contribution in [2.24, 2.45) is 0 Å². The van der Waals surface area contributed by atoms with Gasteiger partial charge in [0, 0.05) is 0 Å².